The summed E-state index contributed by atoms with van der Waals surface area (Å²) >= 11 is 0. The van der Waals surface area contributed by atoms with Crippen molar-refractivity contribution >= 4 is 10.0 Å². The van der Waals surface area contributed by atoms with Gasteiger partial charge in [-0.2, -0.15) is 0 Å². The molecule has 0 radical (unpaired) electrons. The fraction of sp³-hybridized carbons (Fsp3) is 0.625. The van der Waals surface area contributed by atoms with Crippen molar-refractivity contribution in [3.8, 4) is 0 Å². The summed E-state index contributed by atoms with van der Waals surface area (Å²) < 4.78 is 27.7. The molecule has 1 aromatic carbocycles. The average Bonchev–Trinajstić information content (AvgIpc) is 2.85. The number of aryl methyl sites for hydroxylation is 1. The van der Waals surface area contributed by atoms with Crippen molar-refractivity contribution in [3.05, 3.63) is 29.3 Å². The second kappa shape index (κ2) is 6.90. The lowest BCUT2D eigenvalue weighted by atomic mass is 9.99. The molecule has 2 rings (SSSR count). The van der Waals surface area contributed by atoms with E-state index in [2.05, 4.69) is 17.0 Å². The molecule has 1 aromatic rings. The van der Waals surface area contributed by atoms with Gasteiger partial charge in [-0.3, -0.25) is 0 Å². The lowest BCUT2D eigenvalue weighted by Gasteiger charge is -2.16. The van der Waals surface area contributed by atoms with Gasteiger partial charge >= 0.3 is 0 Å². The van der Waals surface area contributed by atoms with Crippen LogP contribution in [0, 0.1) is 18.8 Å². The molecule has 1 saturated carbocycles. The zero-order valence-corrected chi connectivity index (χ0v) is 14.0. The highest BCUT2D eigenvalue weighted by atomic mass is 32.2. The highest BCUT2D eigenvalue weighted by Crippen LogP contribution is 2.30. The van der Waals surface area contributed by atoms with Gasteiger partial charge in [0, 0.05) is 13.1 Å². The van der Waals surface area contributed by atoms with E-state index in [0.29, 0.717) is 29.8 Å². The molecule has 1 aliphatic carbocycles. The van der Waals surface area contributed by atoms with Crippen LogP contribution in [-0.2, 0) is 16.6 Å². The molecular weight excluding hydrogens is 284 g/mol. The third-order valence-electron chi connectivity index (χ3n) is 4.57. The summed E-state index contributed by atoms with van der Waals surface area (Å²) in [5.74, 6) is 1.09. The second-order valence-electron chi connectivity index (χ2n) is 6.14. The predicted molar refractivity (Wildman–Crippen MR) is 85.6 cm³/mol. The Morgan fingerprint density at radius 3 is 2.67 bits per heavy atom. The van der Waals surface area contributed by atoms with Gasteiger partial charge in [-0.25, -0.2) is 13.1 Å². The SMILES string of the molecule is CNCc1cc(S(=O)(=O)NCC2CCCC2C)ccc1C. The maximum atomic E-state index is 12.4. The predicted octanol–water partition coefficient (Wildman–Crippen LogP) is 2.43. The first kappa shape index (κ1) is 16.5. The standard InChI is InChI=1S/C16H26N2O2S/c1-12-5-4-6-14(12)11-18-21(19,20)16-8-7-13(2)15(9-16)10-17-3/h7-9,12,14,17-18H,4-6,10-11H2,1-3H3. The molecule has 21 heavy (non-hydrogen) atoms. The Morgan fingerprint density at radius 2 is 2.05 bits per heavy atom. The zero-order chi connectivity index (χ0) is 15.5. The fourth-order valence-electron chi connectivity index (χ4n) is 3.02. The molecular formula is C16H26N2O2S. The van der Waals surface area contributed by atoms with Gasteiger partial charge in [0.2, 0.25) is 10.0 Å². The van der Waals surface area contributed by atoms with Crippen molar-refractivity contribution in [1.82, 2.24) is 10.0 Å². The first-order valence-electron chi connectivity index (χ1n) is 7.68. The minimum absolute atomic E-state index is 0.365. The first-order valence-corrected chi connectivity index (χ1v) is 9.16. The van der Waals surface area contributed by atoms with E-state index in [1.165, 1.54) is 12.8 Å². The fourth-order valence-corrected chi connectivity index (χ4v) is 4.17. The van der Waals surface area contributed by atoms with Crippen LogP contribution in [0.15, 0.2) is 23.1 Å². The van der Waals surface area contributed by atoms with E-state index in [-0.39, 0.29) is 0 Å². The molecule has 0 heterocycles. The van der Waals surface area contributed by atoms with E-state index in [1.807, 2.05) is 20.0 Å². The Bertz CT molecular complexity index is 584. The lowest BCUT2D eigenvalue weighted by Crippen LogP contribution is -2.30. The second-order valence-corrected chi connectivity index (χ2v) is 7.91. The van der Waals surface area contributed by atoms with Gasteiger partial charge in [0.1, 0.15) is 0 Å². The quantitative estimate of drug-likeness (QED) is 0.848. The summed E-state index contributed by atoms with van der Waals surface area (Å²) in [6.45, 7) is 5.44. The Morgan fingerprint density at radius 1 is 1.29 bits per heavy atom. The molecule has 0 aliphatic heterocycles. The van der Waals surface area contributed by atoms with Gasteiger partial charge in [0.25, 0.3) is 0 Å². The van der Waals surface area contributed by atoms with Gasteiger partial charge in [-0.1, -0.05) is 25.8 Å². The van der Waals surface area contributed by atoms with Crippen molar-refractivity contribution in [2.75, 3.05) is 13.6 Å². The number of benzene rings is 1. The van der Waals surface area contributed by atoms with Crippen LogP contribution in [0.4, 0.5) is 0 Å². The zero-order valence-electron chi connectivity index (χ0n) is 13.1. The van der Waals surface area contributed by atoms with Gasteiger partial charge in [-0.05, 0) is 55.5 Å². The third-order valence-corrected chi connectivity index (χ3v) is 5.99. The number of hydrogen-bond acceptors (Lipinski definition) is 3. The van der Waals surface area contributed by atoms with E-state index in [0.717, 1.165) is 17.5 Å². The number of hydrogen-bond donors (Lipinski definition) is 2. The van der Waals surface area contributed by atoms with Crippen LogP contribution >= 0.6 is 0 Å². The summed E-state index contributed by atoms with van der Waals surface area (Å²) in [4.78, 5) is 0.365. The highest BCUT2D eigenvalue weighted by Gasteiger charge is 2.25. The number of sulfonamides is 1. The van der Waals surface area contributed by atoms with Crippen LogP contribution in [0.2, 0.25) is 0 Å². The largest absolute Gasteiger partial charge is 0.316 e. The smallest absolute Gasteiger partial charge is 0.240 e. The number of nitrogens with one attached hydrogen (secondary N) is 2. The molecule has 1 aliphatic rings. The maximum absolute atomic E-state index is 12.4. The summed E-state index contributed by atoms with van der Waals surface area (Å²) in [7, 11) is -1.55. The molecule has 0 saturated heterocycles. The van der Waals surface area contributed by atoms with E-state index in [4.69, 9.17) is 0 Å². The maximum Gasteiger partial charge on any atom is 0.240 e. The topological polar surface area (TPSA) is 58.2 Å². The van der Waals surface area contributed by atoms with E-state index in [1.54, 1.807) is 12.1 Å². The van der Waals surface area contributed by atoms with Crippen molar-refractivity contribution in [3.63, 3.8) is 0 Å². The van der Waals surface area contributed by atoms with Crippen molar-refractivity contribution in [2.24, 2.45) is 11.8 Å². The summed E-state index contributed by atoms with van der Waals surface area (Å²) in [6.07, 6.45) is 3.55. The molecule has 0 bridgehead atoms. The minimum atomic E-state index is -3.41. The highest BCUT2D eigenvalue weighted by molar-refractivity contribution is 7.89. The molecule has 5 heteroatoms. The Labute approximate surface area is 128 Å². The van der Waals surface area contributed by atoms with E-state index >= 15 is 0 Å². The first-order chi connectivity index (χ1) is 9.94. The van der Waals surface area contributed by atoms with Gasteiger partial charge < -0.3 is 5.32 Å². The molecule has 1 fully saturated rings. The summed E-state index contributed by atoms with van der Waals surface area (Å²) in [5.41, 5.74) is 2.13. The van der Waals surface area contributed by atoms with Crippen LogP contribution < -0.4 is 10.0 Å². The third kappa shape index (κ3) is 4.05. The molecule has 118 valence electrons. The van der Waals surface area contributed by atoms with Crippen LogP contribution in [-0.4, -0.2) is 22.0 Å². The normalized spacial score (nSPS) is 22.6. The van der Waals surface area contributed by atoms with Gasteiger partial charge in [0.05, 0.1) is 4.90 Å². The van der Waals surface area contributed by atoms with Gasteiger partial charge in [0.15, 0.2) is 0 Å². The average molecular weight is 310 g/mol. The molecule has 2 unspecified atom stereocenters. The number of rotatable bonds is 6. The van der Waals surface area contributed by atoms with Crippen LogP contribution in [0.5, 0.6) is 0 Å². The van der Waals surface area contributed by atoms with E-state index in [9.17, 15) is 8.42 Å². The summed E-state index contributed by atoms with van der Waals surface area (Å²) in [6, 6.07) is 5.33. The molecule has 0 aromatic heterocycles. The summed E-state index contributed by atoms with van der Waals surface area (Å²) in [5, 5.41) is 3.07. The van der Waals surface area contributed by atoms with Crippen LogP contribution in [0.25, 0.3) is 0 Å². The lowest BCUT2D eigenvalue weighted by molar-refractivity contribution is 0.414. The monoisotopic (exact) mass is 310 g/mol. The molecule has 0 amide bonds. The van der Waals surface area contributed by atoms with Gasteiger partial charge in [-0.15, -0.1) is 0 Å². The van der Waals surface area contributed by atoms with Crippen molar-refractivity contribution in [2.45, 2.75) is 44.6 Å². The molecule has 0 spiro atoms. The Balaban J connectivity index is 2.10. The van der Waals surface area contributed by atoms with E-state index < -0.39 is 10.0 Å². The van der Waals surface area contributed by atoms with Crippen molar-refractivity contribution in [1.29, 1.82) is 0 Å². The Hall–Kier alpha value is -0.910. The van der Waals surface area contributed by atoms with Crippen molar-refractivity contribution < 1.29 is 8.42 Å². The van der Waals surface area contributed by atoms with Crippen LogP contribution in [0.1, 0.15) is 37.3 Å². The van der Waals surface area contributed by atoms with Crippen LogP contribution in [0.3, 0.4) is 0 Å². The minimum Gasteiger partial charge on any atom is -0.316 e. The molecule has 4 nitrogen and oxygen atoms in total. The Kier molecular flexibility index (Phi) is 5.41. The molecule has 2 N–H and O–H groups in total. The molecule has 2 atom stereocenters.